The molecule has 2 aromatic rings. The SMILES string of the molecule is CCOc1ccccc1NS(=O)(=O)c1ccc2c(c1)CCN2C(=O)C1CCC1. The Morgan fingerprint density at radius 2 is 2.00 bits per heavy atom. The number of fused-ring (bicyclic) bond motifs is 1. The molecule has 1 fully saturated rings. The number of para-hydroxylation sites is 2. The van der Waals surface area contributed by atoms with Crippen LogP contribution in [-0.4, -0.2) is 27.5 Å². The van der Waals surface area contributed by atoms with Gasteiger partial charge in [-0.15, -0.1) is 0 Å². The smallest absolute Gasteiger partial charge is 0.262 e. The Bertz CT molecular complexity index is 999. The zero-order chi connectivity index (χ0) is 19.7. The van der Waals surface area contributed by atoms with Gasteiger partial charge in [0, 0.05) is 18.2 Å². The van der Waals surface area contributed by atoms with Crippen LogP contribution in [0.15, 0.2) is 47.4 Å². The summed E-state index contributed by atoms with van der Waals surface area (Å²) in [5, 5.41) is 0. The van der Waals surface area contributed by atoms with Crippen molar-refractivity contribution in [3.63, 3.8) is 0 Å². The van der Waals surface area contributed by atoms with Crippen molar-refractivity contribution in [2.24, 2.45) is 5.92 Å². The van der Waals surface area contributed by atoms with Crippen LogP contribution in [0.3, 0.4) is 0 Å². The van der Waals surface area contributed by atoms with Gasteiger partial charge in [-0.1, -0.05) is 18.6 Å². The minimum Gasteiger partial charge on any atom is -0.492 e. The molecule has 0 radical (unpaired) electrons. The predicted octanol–water partition coefficient (Wildman–Crippen LogP) is 3.58. The summed E-state index contributed by atoms with van der Waals surface area (Å²) >= 11 is 0. The van der Waals surface area contributed by atoms with Crippen molar-refractivity contribution in [1.82, 2.24) is 0 Å². The number of rotatable bonds is 6. The molecule has 1 saturated carbocycles. The molecular formula is C21H24N2O4S. The van der Waals surface area contributed by atoms with Crippen LogP contribution in [0.1, 0.15) is 31.7 Å². The van der Waals surface area contributed by atoms with Gasteiger partial charge >= 0.3 is 0 Å². The highest BCUT2D eigenvalue weighted by Gasteiger charge is 2.34. The average molecular weight is 401 g/mol. The van der Waals surface area contributed by atoms with Gasteiger partial charge in [0.25, 0.3) is 10.0 Å². The molecule has 0 spiro atoms. The maximum atomic E-state index is 12.9. The molecule has 1 amide bonds. The van der Waals surface area contributed by atoms with Crippen LogP contribution in [0, 0.1) is 5.92 Å². The van der Waals surface area contributed by atoms with Gasteiger partial charge < -0.3 is 9.64 Å². The molecule has 7 heteroatoms. The van der Waals surface area contributed by atoms with Crippen LogP contribution >= 0.6 is 0 Å². The molecule has 0 atom stereocenters. The third-order valence-electron chi connectivity index (χ3n) is 5.41. The lowest BCUT2D eigenvalue weighted by atomic mass is 9.84. The van der Waals surface area contributed by atoms with E-state index in [4.69, 9.17) is 4.74 Å². The van der Waals surface area contributed by atoms with E-state index in [2.05, 4.69) is 4.72 Å². The van der Waals surface area contributed by atoms with Crippen LogP contribution in [-0.2, 0) is 21.2 Å². The second-order valence-corrected chi connectivity index (χ2v) is 8.88. The van der Waals surface area contributed by atoms with Gasteiger partial charge in [0.05, 0.1) is 17.2 Å². The highest BCUT2D eigenvalue weighted by atomic mass is 32.2. The minimum absolute atomic E-state index is 0.131. The molecule has 0 bridgehead atoms. The van der Waals surface area contributed by atoms with E-state index in [0.29, 0.717) is 31.0 Å². The van der Waals surface area contributed by atoms with Gasteiger partial charge in [-0.2, -0.15) is 0 Å². The molecule has 0 unspecified atom stereocenters. The average Bonchev–Trinajstić information content (AvgIpc) is 3.05. The molecule has 1 heterocycles. The molecule has 1 N–H and O–H groups in total. The summed E-state index contributed by atoms with van der Waals surface area (Å²) in [5.41, 5.74) is 2.14. The normalized spacial score (nSPS) is 16.4. The summed E-state index contributed by atoms with van der Waals surface area (Å²) in [6.07, 6.45) is 3.70. The summed E-state index contributed by atoms with van der Waals surface area (Å²) in [5.74, 6) is 0.794. The maximum absolute atomic E-state index is 12.9. The van der Waals surface area contributed by atoms with E-state index in [1.54, 1.807) is 42.5 Å². The van der Waals surface area contributed by atoms with Crippen LogP contribution in [0.5, 0.6) is 5.75 Å². The van der Waals surface area contributed by atoms with Crippen molar-refractivity contribution in [2.45, 2.75) is 37.5 Å². The Balaban J connectivity index is 1.57. The molecular weight excluding hydrogens is 376 g/mol. The first kappa shape index (κ1) is 18.8. The molecule has 0 saturated heterocycles. The minimum atomic E-state index is -3.76. The second kappa shape index (κ2) is 7.47. The molecule has 28 heavy (non-hydrogen) atoms. The highest BCUT2D eigenvalue weighted by molar-refractivity contribution is 7.92. The van der Waals surface area contributed by atoms with E-state index in [9.17, 15) is 13.2 Å². The predicted molar refractivity (Wildman–Crippen MR) is 108 cm³/mol. The molecule has 148 valence electrons. The molecule has 1 aliphatic heterocycles. The molecule has 2 aromatic carbocycles. The number of hydrogen-bond acceptors (Lipinski definition) is 4. The van der Waals surface area contributed by atoms with Gasteiger partial charge in [0.15, 0.2) is 0 Å². The quantitative estimate of drug-likeness (QED) is 0.804. The van der Waals surface area contributed by atoms with Crippen molar-refractivity contribution in [3.8, 4) is 5.75 Å². The fraction of sp³-hybridized carbons (Fsp3) is 0.381. The van der Waals surface area contributed by atoms with Gasteiger partial charge in [-0.25, -0.2) is 8.42 Å². The van der Waals surface area contributed by atoms with Crippen molar-refractivity contribution in [2.75, 3.05) is 22.8 Å². The Hall–Kier alpha value is -2.54. The standard InChI is InChI=1S/C21H24N2O4S/c1-2-27-20-9-4-3-8-18(20)22-28(25,26)17-10-11-19-16(14-17)12-13-23(19)21(24)15-6-5-7-15/h3-4,8-11,14-15,22H,2,5-7,12-13H2,1H3. The number of ether oxygens (including phenoxy) is 1. The number of nitrogens with one attached hydrogen (secondary N) is 1. The number of carbonyl (C=O) groups excluding carboxylic acids is 1. The van der Waals surface area contributed by atoms with Gasteiger partial charge in [0.1, 0.15) is 5.75 Å². The molecule has 4 rings (SSSR count). The van der Waals surface area contributed by atoms with E-state index in [-0.39, 0.29) is 16.7 Å². The van der Waals surface area contributed by atoms with Crippen LogP contribution in [0.2, 0.25) is 0 Å². The summed E-state index contributed by atoms with van der Waals surface area (Å²) in [7, 11) is -3.76. The number of hydrogen-bond donors (Lipinski definition) is 1. The molecule has 6 nitrogen and oxygen atoms in total. The topological polar surface area (TPSA) is 75.7 Å². The molecule has 2 aliphatic rings. The first-order valence-electron chi connectivity index (χ1n) is 9.68. The third kappa shape index (κ3) is 3.46. The fourth-order valence-corrected chi connectivity index (χ4v) is 4.81. The largest absolute Gasteiger partial charge is 0.492 e. The first-order chi connectivity index (χ1) is 13.5. The van der Waals surface area contributed by atoms with Gasteiger partial charge in [-0.3, -0.25) is 9.52 Å². The lowest BCUT2D eigenvalue weighted by Gasteiger charge is -2.29. The van der Waals surface area contributed by atoms with E-state index in [0.717, 1.165) is 30.5 Å². The lowest BCUT2D eigenvalue weighted by molar-refractivity contribution is -0.124. The lowest BCUT2D eigenvalue weighted by Crippen LogP contribution is -2.37. The van der Waals surface area contributed by atoms with Crippen molar-refractivity contribution in [3.05, 3.63) is 48.0 Å². The van der Waals surface area contributed by atoms with Crippen molar-refractivity contribution < 1.29 is 17.9 Å². The zero-order valence-electron chi connectivity index (χ0n) is 15.8. The number of nitrogens with zero attached hydrogens (tertiary/aromatic N) is 1. The summed E-state index contributed by atoms with van der Waals surface area (Å²) in [6, 6.07) is 12.0. The third-order valence-corrected chi connectivity index (χ3v) is 6.77. The highest BCUT2D eigenvalue weighted by Crippen LogP contribution is 2.36. The molecule has 0 aromatic heterocycles. The van der Waals surface area contributed by atoms with Crippen molar-refractivity contribution >= 4 is 27.3 Å². The van der Waals surface area contributed by atoms with E-state index >= 15 is 0 Å². The van der Waals surface area contributed by atoms with Gasteiger partial charge in [-0.05, 0) is 62.1 Å². The number of amides is 1. The van der Waals surface area contributed by atoms with Crippen LogP contribution < -0.4 is 14.4 Å². The molecule has 1 aliphatic carbocycles. The second-order valence-electron chi connectivity index (χ2n) is 7.19. The van der Waals surface area contributed by atoms with Gasteiger partial charge in [0.2, 0.25) is 5.91 Å². The Kier molecular flexibility index (Phi) is 5.02. The number of carbonyl (C=O) groups is 1. The van der Waals surface area contributed by atoms with E-state index < -0.39 is 10.0 Å². The summed E-state index contributed by atoms with van der Waals surface area (Å²) < 4.78 is 33.9. The van der Waals surface area contributed by atoms with Crippen LogP contribution in [0.4, 0.5) is 11.4 Å². The zero-order valence-corrected chi connectivity index (χ0v) is 16.7. The summed E-state index contributed by atoms with van der Waals surface area (Å²) in [4.78, 5) is 14.6. The maximum Gasteiger partial charge on any atom is 0.262 e. The number of anilines is 2. The number of sulfonamides is 1. The number of benzene rings is 2. The van der Waals surface area contributed by atoms with Crippen LogP contribution in [0.25, 0.3) is 0 Å². The Morgan fingerprint density at radius 3 is 2.71 bits per heavy atom. The van der Waals surface area contributed by atoms with E-state index in [1.807, 2.05) is 11.8 Å². The van der Waals surface area contributed by atoms with E-state index in [1.165, 1.54) is 0 Å². The Labute approximate surface area is 165 Å². The Morgan fingerprint density at radius 1 is 1.21 bits per heavy atom. The fourth-order valence-electron chi connectivity index (χ4n) is 3.69. The monoisotopic (exact) mass is 400 g/mol. The van der Waals surface area contributed by atoms with Crippen molar-refractivity contribution in [1.29, 1.82) is 0 Å². The summed E-state index contributed by atoms with van der Waals surface area (Å²) in [6.45, 7) is 2.92. The first-order valence-corrected chi connectivity index (χ1v) is 11.2.